The first-order valence-electron chi connectivity index (χ1n) is 5.79. The van der Waals surface area contributed by atoms with Crippen LogP contribution in [0.2, 0.25) is 0 Å². The Hall–Kier alpha value is -2.58. The van der Waals surface area contributed by atoms with Gasteiger partial charge in [-0.25, -0.2) is 4.98 Å². The van der Waals surface area contributed by atoms with Gasteiger partial charge in [0.05, 0.1) is 12.6 Å². The molecule has 112 valence electrons. The Bertz CT molecular complexity index is 677. The Morgan fingerprint density at radius 2 is 2.19 bits per heavy atom. The number of hydrogen-bond donors (Lipinski definition) is 1. The fraction of sp³-hybridized carbons (Fsp3) is 0.250. The van der Waals surface area contributed by atoms with Gasteiger partial charge in [0.2, 0.25) is 5.91 Å². The second-order valence-electron chi connectivity index (χ2n) is 4.11. The molecular formula is C12H10F3N3O3. The van der Waals surface area contributed by atoms with Crippen LogP contribution >= 0.6 is 0 Å². The average Bonchev–Trinajstić information content (AvgIpc) is 2.92. The van der Waals surface area contributed by atoms with E-state index in [0.717, 1.165) is 17.0 Å². The molecule has 21 heavy (non-hydrogen) atoms. The number of rotatable bonds is 4. The maximum atomic E-state index is 11.9. The maximum Gasteiger partial charge on any atom is 0.405 e. The van der Waals surface area contributed by atoms with E-state index >= 15 is 0 Å². The summed E-state index contributed by atoms with van der Waals surface area (Å²) in [5, 5.41) is 1.67. The van der Waals surface area contributed by atoms with Crippen LogP contribution in [0.25, 0.3) is 11.5 Å². The van der Waals surface area contributed by atoms with E-state index in [9.17, 15) is 22.8 Å². The second-order valence-corrected chi connectivity index (χ2v) is 4.11. The van der Waals surface area contributed by atoms with E-state index in [4.69, 9.17) is 4.42 Å². The first-order chi connectivity index (χ1) is 9.85. The SMILES string of the molecule is O=C(Cn1cnc(-c2ccco2)cc1=O)NCC(F)(F)F. The molecule has 2 aromatic rings. The number of amides is 1. The van der Waals surface area contributed by atoms with Crippen molar-refractivity contribution in [3.8, 4) is 11.5 Å². The Labute approximate surface area is 116 Å². The number of nitrogens with one attached hydrogen (secondary N) is 1. The Morgan fingerprint density at radius 3 is 2.76 bits per heavy atom. The zero-order valence-electron chi connectivity index (χ0n) is 10.6. The zero-order chi connectivity index (χ0) is 15.5. The average molecular weight is 301 g/mol. The lowest BCUT2D eigenvalue weighted by Gasteiger charge is -2.09. The monoisotopic (exact) mass is 301 g/mol. The number of hydrogen-bond acceptors (Lipinski definition) is 4. The Morgan fingerprint density at radius 1 is 1.43 bits per heavy atom. The van der Waals surface area contributed by atoms with E-state index in [0.29, 0.717) is 5.76 Å². The van der Waals surface area contributed by atoms with Crippen molar-refractivity contribution < 1.29 is 22.4 Å². The summed E-state index contributed by atoms with van der Waals surface area (Å²) in [5.41, 5.74) is -0.296. The molecule has 0 atom stereocenters. The van der Waals surface area contributed by atoms with Crippen LogP contribution in [0.5, 0.6) is 0 Å². The van der Waals surface area contributed by atoms with E-state index < -0.39 is 30.7 Å². The fourth-order valence-corrected chi connectivity index (χ4v) is 1.51. The summed E-state index contributed by atoms with van der Waals surface area (Å²) in [6.07, 6.45) is -2.01. The van der Waals surface area contributed by atoms with Gasteiger partial charge in [-0.05, 0) is 12.1 Å². The smallest absolute Gasteiger partial charge is 0.405 e. The molecule has 2 rings (SSSR count). The third-order valence-electron chi connectivity index (χ3n) is 2.45. The van der Waals surface area contributed by atoms with Crippen LogP contribution in [0, 0.1) is 0 Å². The minimum atomic E-state index is -4.50. The summed E-state index contributed by atoms with van der Waals surface area (Å²) in [4.78, 5) is 27.0. The number of nitrogens with zero attached hydrogens (tertiary/aromatic N) is 2. The fourth-order valence-electron chi connectivity index (χ4n) is 1.51. The van der Waals surface area contributed by atoms with Crippen molar-refractivity contribution in [1.82, 2.24) is 14.9 Å². The predicted octanol–water partition coefficient (Wildman–Crippen LogP) is 1.18. The molecule has 1 amide bonds. The molecule has 0 aliphatic carbocycles. The molecule has 9 heteroatoms. The summed E-state index contributed by atoms with van der Waals surface area (Å²) in [6.45, 7) is -1.99. The first kappa shape index (κ1) is 14.8. The quantitative estimate of drug-likeness (QED) is 0.920. The van der Waals surface area contributed by atoms with Crippen molar-refractivity contribution in [3.05, 3.63) is 41.1 Å². The Balaban J connectivity index is 2.05. The number of halogens is 3. The van der Waals surface area contributed by atoms with Gasteiger partial charge in [-0.3, -0.25) is 14.2 Å². The van der Waals surface area contributed by atoms with E-state index in [1.807, 2.05) is 0 Å². The van der Waals surface area contributed by atoms with Gasteiger partial charge in [0.1, 0.15) is 18.8 Å². The number of carbonyl (C=O) groups is 1. The molecule has 1 N–H and O–H groups in total. The molecule has 0 spiro atoms. The molecule has 0 bridgehead atoms. The highest BCUT2D eigenvalue weighted by atomic mass is 19.4. The van der Waals surface area contributed by atoms with Gasteiger partial charge in [0.25, 0.3) is 5.56 Å². The van der Waals surface area contributed by atoms with Crippen LogP contribution < -0.4 is 10.9 Å². The van der Waals surface area contributed by atoms with Crippen molar-refractivity contribution in [2.45, 2.75) is 12.7 Å². The van der Waals surface area contributed by atoms with Gasteiger partial charge in [-0.2, -0.15) is 13.2 Å². The topological polar surface area (TPSA) is 77.1 Å². The number of alkyl halides is 3. The molecule has 0 saturated carbocycles. The zero-order valence-corrected chi connectivity index (χ0v) is 10.6. The van der Waals surface area contributed by atoms with E-state index in [1.165, 1.54) is 6.26 Å². The summed E-state index contributed by atoms with van der Waals surface area (Å²) in [6, 6.07) is 4.35. The molecule has 0 radical (unpaired) electrons. The van der Waals surface area contributed by atoms with E-state index in [2.05, 4.69) is 4.98 Å². The predicted molar refractivity (Wildman–Crippen MR) is 65.3 cm³/mol. The van der Waals surface area contributed by atoms with Gasteiger partial charge in [-0.15, -0.1) is 0 Å². The molecule has 0 aliphatic rings. The minimum Gasteiger partial charge on any atom is -0.463 e. The molecule has 0 fully saturated rings. The largest absolute Gasteiger partial charge is 0.463 e. The van der Waals surface area contributed by atoms with Gasteiger partial charge in [0.15, 0.2) is 5.76 Å². The van der Waals surface area contributed by atoms with Crippen molar-refractivity contribution in [3.63, 3.8) is 0 Å². The molecule has 2 heterocycles. The van der Waals surface area contributed by atoms with E-state index in [1.54, 1.807) is 17.4 Å². The summed E-state index contributed by atoms with van der Waals surface area (Å²) >= 11 is 0. The van der Waals surface area contributed by atoms with E-state index in [-0.39, 0.29) is 5.69 Å². The van der Waals surface area contributed by atoms with Crippen LogP contribution in [0.4, 0.5) is 13.2 Å². The van der Waals surface area contributed by atoms with Crippen molar-refractivity contribution in [2.24, 2.45) is 0 Å². The van der Waals surface area contributed by atoms with Crippen LogP contribution in [0.3, 0.4) is 0 Å². The van der Waals surface area contributed by atoms with Crippen molar-refractivity contribution in [1.29, 1.82) is 0 Å². The molecule has 2 aromatic heterocycles. The lowest BCUT2D eigenvalue weighted by atomic mass is 10.3. The highest BCUT2D eigenvalue weighted by Gasteiger charge is 2.27. The van der Waals surface area contributed by atoms with Gasteiger partial charge < -0.3 is 9.73 Å². The molecule has 0 unspecified atom stereocenters. The minimum absolute atomic E-state index is 0.275. The highest BCUT2D eigenvalue weighted by molar-refractivity contribution is 5.75. The molecule has 0 saturated heterocycles. The third kappa shape index (κ3) is 4.20. The van der Waals surface area contributed by atoms with Crippen LogP contribution in [-0.4, -0.2) is 28.2 Å². The highest BCUT2D eigenvalue weighted by Crippen LogP contribution is 2.14. The number of aromatic nitrogens is 2. The summed E-state index contributed by atoms with van der Waals surface area (Å²) in [7, 11) is 0. The van der Waals surface area contributed by atoms with Gasteiger partial charge >= 0.3 is 6.18 Å². The van der Waals surface area contributed by atoms with Crippen molar-refractivity contribution in [2.75, 3.05) is 6.54 Å². The summed E-state index contributed by atoms with van der Waals surface area (Å²) in [5.74, 6) is -0.553. The molecular weight excluding hydrogens is 291 g/mol. The standard InChI is InChI=1S/C12H10F3N3O3/c13-12(14,15)6-16-10(19)5-18-7-17-8(4-11(18)20)9-2-1-3-21-9/h1-4,7H,5-6H2,(H,16,19). The number of furan rings is 1. The van der Waals surface area contributed by atoms with Gasteiger partial charge in [0, 0.05) is 6.07 Å². The maximum absolute atomic E-state index is 11.9. The molecule has 6 nitrogen and oxygen atoms in total. The number of carbonyl (C=O) groups excluding carboxylic acids is 1. The molecule has 0 aliphatic heterocycles. The first-order valence-corrected chi connectivity index (χ1v) is 5.79. The second kappa shape index (κ2) is 5.81. The van der Waals surface area contributed by atoms with Crippen molar-refractivity contribution >= 4 is 5.91 Å². The van der Waals surface area contributed by atoms with Gasteiger partial charge in [-0.1, -0.05) is 0 Å². The van der Waals surface area contributed by atoms with Crippen LogP contribution in [-0.2, 0) is 11.3 Å². The molecule has 0 aromatic carbocycles. The van der Waals surface area contributed by atoms with Crippen LogP contribution in [0.1, 0.15) is 0 Å². The van der Waals surface area contributed by atoms with Crippen LogP contribution in [0.15, 0.2) is 40.0 Å². The lowest BCUT2D eigenvalue weighted by Crippen LogP contribution is -2.37. The summed E-state index contributed by atoms with van der Waals surface area (Å²) < 4.78 is 41.8. The third-order valence-corrected chi connectivity index (χ3v) is 2.45. The normalized spacial score (nSPS) is 11.4. The Kier molecular flexibility index (Phi) is 4.10. The lowest BCUT2D eigenvalue weighted by molar-refractivity contribution is -0.138.